The maximum Gasteiger partial charge on any atom is 0.410 e. The average molecular weight is 831 g/mol. The second-order valence-electron chi connectivity index (χ2n) is 17.2. The summed E-state index contributed by atoms with van der Waals surface area (Å²) in [5, 5.41) is 13.5. The van der Waals surface area contributed by atoms with Crippen LogP contribution in [0.25, 0.3) is 0 Å². The molecule has 0 aromatic heterocycles. The monoisotopic (exact) mass is 830 g/mol. The first-order chi connectivity index (χ1) is 28.5. The second-order valence-corrected chi connectivity index (χ2v) is 17.2. The molecule has 5 aliphatic rings. The standard InChI is InChI=1S/C45H62N6O8.CH4/c1-31-27-33(28-32(2)42(31)54)29-39(59-45(57)50-22-15-37(16-23-50)51-24-14-36-7-3-4-8-38(36)46-44(51)56)43(55)49-20-12-35(13-21-49)34-10-18-47(19-11-34)30-41(53)58-26-25-48-17-6-5-9-40(48)52;/h3-4,7-8,27-28,34-35,37,39,54H,5-6,9-26,29-30H2,1-2H3,(H,46,56);1H4/t39-;/m1./s1. The fraction of sp³-hybridized carbons (Fsp3) is 0.630. The largest absolute Gasteiger partial charge is 0.507 e. The number of nitrogens with zero attached hydrogens (tertiary/aromatic N) is 5. The van der Waals surface area contributed by atoms with E-state index in [1.165, 1.54) is 0 Å². The Bertz CT molecular complexity index is 1810. The number of hydrogen-bond acceptors (Lipinski definition) is 9. The van der Waals surface area contributed by atoms with Crippen LogP contribution in [-0.2, 0) is 36.7 Å². The van der Waals surface area contributed by atoms with Crippen LogP contribution in [0.15, 0.2) is 36.4 Å². The molecule has 0 saturated carbocycles. The molecule has 4 fully saturated rings. The predicted molar refractivity (Wildman–Crippen MR) is 229 cm³/mol. The number of fused-ring (bicyclic) bond motifs is 1. The van der Waals surface area contributed by atoms with Crippen molar-refractivity contribution in [2.24, 2.45) is 11.8 Å². The number of ether oxygens (including phenoxy) is 2. The summed E-state index contributed by atoms with van der Waals surface area (Å²) in [7, 11) is 0. The van der Waals surface area contributed by atoms with E-state index in [9.17, 15) is 29.1 Å². The van der Waals surface area contributed by atoms with Crippen LogP contribution in [-0.4, -0.2) is 144 Å². The highest BCUT2D eigenvalue weighted by atomic mass is 16.6. The van der Waals surface area contributed by atoms with E-state index in [4.69, 9.17) is 9.47 Å². The van der Waals surface area contributed by atoms with Gasteiger partial charge in [0.15, 0.2) is 6.10 Å². The van der Waals surface area contributed by atoms with Crippen molar-refractivity contribution in [3.63, 3.8) is 0 Å². The summed E-state index contributed by atoms with van der Waals surface area (Å²) in [5.74, 6) is 0.900. The molecule has 5 heterocycles. The number of piperidine rings is 4. The Morgan fingerprint density at radius 2 is 1.47 bits per heavy atom. The van der Waals surface area contributed by atoms with E-state index >= 15 is 0 Å². The Morgan fingerprint density at radius 3 is 2.15 bits per heavy atom. The fourth-order valence-electron chi connectivity index (χ4n) is 9.82. The number of nitrogens with one attached hydrogen (secondary N) is 1. The molecule has 1 atom stereocenters. The lowest BCUT2D eigenvalue weighted by molar-refractivity contribution is -0.147. The van der Waals surface area contributed by atoms with Gasteiger partial charge in [-0.2, -0.15) is 0 Å². The molecule has 14 nitrogen and oxygen atoms in total. The molecule has 5 amide bonds. The van der Waals surface area contributed by atoms with Gasteiger partial charge < -0.3 is 39.5 Å². The van der Waals surface area contributed by atoms with Gasteiger partial charge in [-0.1, -0.05) is 37.8 Å². The second kappa shape index (κ2) is 20.6. The number of amides is 5. The van der Waals surface area contributed by atoms with Crippen LogP contribution in [0, 0.1) is 25.7 Å². The zero-order chi connectivity index (χ0) is 41.5. The van der Waals surface area contributed by atoms with Gasteiger partial charge in [0.1, 0.15) is 12.4 Å². The normalized spacial score (nSPS) is 20.4. The smallest absolute Gasteiger partial charge is 0.410 e. The van der Waals surface area contributed by atoms with E-state index < -0.39 is 12.2 Å². The fourth-order valence-corrected chi connectivity index (χ4v) is 9.82. The van der Waals surface area contributed by atoms with Crippen LogP contribution >= 0.6 is 0 Å². The number of esters is 1. The van der Waals surface area contributed by atoms with Crippen molar-refractivity contribution in [1.29, 1.82) is 0 Å². The molecule has 7 rings (SSSR count). The molecule has 14 heteroatoms. The van der Waals surface area contributed by atoms with E-state index in [-0.39, 0.29) is 62.6 Å². The third-order valence-electron chi connectivity index (χ3n) is 13.3. The quantitative estimate of drug-likeness (QED) is 0.270. The lowest BCUT2D eigenvalue weighted by Gasteiger charge is -2.41. The SMILES string of the molecule is C.Cc1cc(C[C@@H](OC(=O)N2CCC(N3CCc4ccccc4NC3=O)CC2)C(=O)N2CCC(C3CCN(CC(=O)OCCN4CCCCC4=O)CC3)CC2)cc(C)c1O. The van der Waals surface area contributed by atoms with Gasteiger partial charge in [0, 0.05) is 63.8 Å². The van der Waals surface area contributed by atoms with Crippen molar-refractivity contribution in [3.8, 4) is 5.75 Å². The summed E-state index contributed by atoms with van der Waals surface area (Å²) in [6.45, 7) is 9.62. The molecule has 0 aliphatic carbocycles. The molecule has 2 aromatic carbocycles. The van der Waals surface area contributed by atoms with Crippen LogP contribution in [0.1, 0.15) is 87.5 Å². The number of phenolic OH excluding ortho intramolecular Hbond substituents is 1. The number of urea groups is 1. The van der Waals surface area contributed by atoms with E-state index in [0.717, 1.165) is 81.4 Å². The van der Waals surface area contributed by atoms with Crippen molar-refractivity contribution >= 4 is 35.6 Å². The van der Waals surface area contributed by atoms with Gasteiger partial charge in [0.25, 0.3) is 5.91 Å². The summed E-state index contributed by atoms with van der Waals surface area (Å²) in [5.41, 5.74) is 4.18. The summed E-state index contributed by atoms with van der Waals surface area (Å²) in [6, 6.07) is 11.4. The van der Waals surface area contributed by atoms with E-state index in [0.29, 0.717) is 81.5 Å². The molecule has 2 N–H and O–H groups in total. The zero-order valence-corrected chi connectivity index (χ0v) is 34.9. The highest BCUT2D eigenvalue weighted by Crippen LogP contribution is 2.33. The number of anilines is 1. The molecule has 2 aromatic rings. The third-order valence-corrected chi connectivity index (χ3v) is 13.3. The van der Waals surface area contributed by atoms with Crippen LogP contribution in [0.5, 0.6) is 5.75 Å². The number of benzene rings is 2. The van der Waals surface area contributed by atoms with Crippen LogP contribution in [0.3, 0.4) is 0 Å². The van der Waals surface area contributed by atoms with Crippen LogP contribution < -0.4 is 5.32 Å². The molecule has 328 valence electrons. The van der Waals surface area contributed by atoms with Crippen molar-refractivity contribution < 1.29 is 38.6 Å². The average Bonchev–Trinajstić information content (AvgIpc) is 3.41. The van der Waals surface area contributed by atoms with Gasteiger partial charge >= 0.3 is 18.1 Å². The first-order valence-electron chi connectivity index (χ1n) is 21.9. The molecular weight excluding hydrogens is 765 g/mol. The topological polar surface area (TPSA) is 152 Å². The molecule has 0 radical (unpaired) electrons. The molecule has 4 saturated heterocycles. The number of aromatic hydroxyl groups is 1. The van der Waals surface area contributed by atoms with Gasteiger partial charge in [-0.05, 0) is 125 Å². The van der Waals surface area contributed by atoms with Crippen molar-refractivity contribution in [3.05, 3.63) is 58.7 Å². The Kier molecular flexibility index (Phi) is 15.4. The third kappa shape index (κ3) is 11.1. The molecule has 0 unspecified atom stereocenters. The van der Waals surface area contributed by atoms with E-state index in [1.54, 1.807) is 9.80 Å². The van der Waals surface area contributed by atoms with Crippen molar-refractivity contribution in [2.75, 3.05) is 77.4 Å². The number of aryl methyl sites for hydroxylation is 2. The number of carbonyl (C=O) groups is 5. The molecule has 60 heavy (non-hydrogen) atoms. The number of carbonyl (C=O) groups excluding carboxylic acids is 5. The number of likely N-dealkylation sites (tertiary alicyclic amines) is 4. The Hall–Kier alpha value is -4.85. The summed E-state index contributed by atoms with van der Waals surface area (Å²) < 4.78 is 11.6. The number of phenols is 1. The summed E-state index contributed by atoms with van der Waals surface area (Å²) >= 11 is 0. The minimum Gasteiger partial charge on any atom is -0.507 e. The number of para-hydroxylation sites is 1. The van der Waals surface area contributed by atoms with Gasteiger partial charge in [0.05, 0.1) is 13.1 Å². The van der Waals surface area contributed by atoms with E-state index in [2.05, 4.69) is 10.2 Å². The molecule has 0 bridgehead atoms. The lowest BCUT2D eigenvalue weighted by Crippen LogP contribution is -2.52. The van der Waals surface area contributed by atoms with Gasteiger partial charge in [0.2, 0.25) is 5.91 Å². The minimum atomic E-state index is -1.02. The lowest BCUT2D eigenvalue weighted by atomic mass is 9.78. The highest BCUT2D eigenvalue weighted by Gasteiger charge is 2.37. The van der Waals surface area contributed by atoms with Crippen molar-refractivity contribution in [2.45, 2.75) is 104 Å². The summed E-state index contributed by atoms with van der Waals surface area (Å²) in [4.78, 5) is 75.1. The first kappa shape index (κ1) is 44.7. The van der Waals surface area contributed by atoms with Crippen molar-refractivity contribution in [1.82, 2.24) is 24.5 Å². The maximum absolute atomic E-state index is 14.2. The highest BCUT2D eigenvalue weighted by molar-refractivity contribution is 5.91. The van der Waals surface area contributed by atoms with Gasteiger partial charge in [-0.25, -0.2) is 9.59 Å². The Balaban J connectivity index is 0.00000604. The van der Waals surface area contributed by atoms with Crippen LogP contribution in [0.4, 0.5) is 15.3 Å². The number of hydrogen-bond donors (Lipinski definition) is 2. The number of rotatable bonds is 11. The van der Waals surface area contributed by atoms with Gasteiger partial charge in [-0.3, -0.25) is 19.3 Å². The first-order valence-corrected chi connectivity index (χ1v) is 21.9. The predicted octanol–water partition coefficient (Wildman–Crippen LogP) is 5.75. The Morgan fingerprint density at radius 1 is 0.817 bits per heavy atom. The van der Waals surface area contributed by atoms with E-state index in [1.807, 2.05) is 60.0 Å². The molecule has 5 aliphatic heterocycles. The molecule has 0 spiro atoms. The zero-order valence-electron chi connectivity index (χ0n) is 34.9. The minimum absolute atomic E-state index is 0. The summed E-state index contributed by atoms with van der Waals surface area (Å²) in [6.07, 6.45) is 6.88. The maximum atomic E-state index is 14.2. The van der Waals surface area contributed by atoms with Gasteiger partial charge in [-0.15, -0.1) is 0 Å². The molecular formula is C46H66N6O8. The Labute approximate surface area is 355 Å². The van der Waals surface area contributed by atoms with Crippen LogP contribution in [0.2, 0.25) is 0 Å².